The third kappa shape index (κ3) is 3.37. The molecule has 15 heavy (non-hydrogen) atoms. The molecule has 78 valence electrons. The molecule has 0 radical (unpaired) electrons. The molecule has 1 N–H and O–H groups in total. The number of hydrogen-bond acceptors (Lipinski definition) is 5. The SMILES string of the molecule is CC(C)NC(C#N)Cn1cnc(C#N)n1. The number of rotatable bonds is 4. The molecule has 0 aliphatic carbocycles. The average Bonchev–Trinajstić information content (AvgIpc) is 2.64. The molecule has 1 heterocycles. The van der Waals surface area contributed by atoms with E-state index in [1.165, 1.54) is 11.0 Å². The van der Waals surface area contributed by atoms with Crippen LogP contribution in [0.1, 0.15) is 19.7 Å². The van der Waals surface area contributed by atoms with Crippen molar-refractivity contribution in [2.24, 2.45) is 0 Å². The van der Waals surface area contributed by atoms with Gasteiger partial charge in [-0.05, 0) is 13.8 Å². The van der Waals surface area contributed by atoms with Gasteiger partial charge in [0.2, 0.25) is 0 Å². The number of nitriles is 2. The summed E-state index contributed by atoms with van der Waals surface area (Å²) in [5, 5.41) is 24.3. The van der Waals surface area contributed by atoms with E-state index in [0.29, 0.717) is 6.54 Å². The highest BCUT2D eigenvalue weighted by atomic mass is 15.3. The van der Waals surface area contributed by atoms with E-state index in [4.69, 9.17) is 10.5 Å². The van der Waals surface area contributed by atoms with Crippen LogP contribution in [0.2, 0.25) is 0 Å². The van der Waals surface area contributed by atoms with Gasteiger partial charge < -0.3 is 0 Å². The Morgan fingerprint density at radius 2 is 2.27 bits per heavy atom. The molecule has 1 aromatic rings. The molecular formula is C9H12N6. The van der Waals surface area contributed by atoms with Crippen molar-refractivity contribution in [1.29, 1.82) is 10.5 Å². The molecular weight excluding hydrogens is 192 g/mol. The Balaban J connectivity index is 2.60. The lowest BCUT2D eigenvalue weighted by atomic mass is 10.3. The van der Waals surface area contributed by atoms with Crippen molar-refractivity contribution in [1.82, 2.24) is 20.1 Å². The van der Waals surface area contributed by atoms with E-state index in [-0.39, 0.29) is 17.9 Å². The molecule has 0 saturated heterocycles. The maximum atomic E-state index is 8.86. The topological polar surface area (TPSA) is 90.3 Å². The van der Waals surface area contributed by atoms with Gasteiger partial charge >= 0.3 is 0 Å². The summed E-state index contributed by atoms with van der Waals surface area (Å²) in [4.78, 5) is 3.75. The summed E-state index contributed by atoms with van der Waals surface area (Å²) in [6.45, 7) is 4.32. The van der Waals surface area contributed by atoms with Crippen LogP contribution in [0.3, 0.4) is 0 Å². The lowest BCUT2D eigenvalue weighted by molar-refractivity contribution is 0.455. The van der Waals surface area contributed by atoms with Crippen LogP contribution in [-0.2, 0) is 6.54 Å². The van der Waals surface area contributed by atoms with E-state index in [9.17, 15) is 0 Å². The summed E-state index contributed by atoms with van der Waals surface area (Å²) >= 11 is 0. The zero-order valence-electron chi connectivity index (χ0n) is 8.68. The number of nitrogens with one attached hydrogen (secondary N) is 1. The Morgan fingerprint density at radius 1 is 1.53 bits per heavy atom. The van der Waals surface area contributed by atoms with Gasteiger partial charge in [-0.2, -0.15) is 10.5 Å². The maximum Gasteiger partial charge on any atom is 0.252 e. The zero-order valence-corrected chi connectivity index (χ0v) is 8.68. The second-order valence-electron chi connectivity index (χ2n) is 3.41. The Labute approximate surface area is 88.1 Å². The summed E-state index contributed by atoms with van der Waals surface area (Å²) in [7, 11) is 0. The lowest BCUT2D eigenvalue weighted by Crippen LogP contribution is -2.36. The van der Waals surface area contributed by atoms with Crippen LogP contribution in [0.4, 0.5) is 0 Å². The molecule has 1 atom stereocenters. The normalized spacial score (nSPS) is 12.1. The predicted octanol–water partition coefficient (Wildman–Crippen LogP) is 0.0400. The van der Waals surface area contributed by atoms with Gasteiger partial charge in [-0.25, -0.2) is 9.67 Å². The second-order valence-corrected chi connectivity index (χ2v) is 3.41. The largest absolute Gasteiger partial charge is 0.298 e. The van der Waals surface area contributed by atoms with E-state index in [0.717, 1.165) is 0 Å². The standard InChI is InChI=1S/C9H12N6/c1-7(2)13-8(3-10)5-15-6-12-9(4-11)14-15/h6-8,13H,5H2,1-2H3. The number of nitrogens with zero attached hydrogens (tertiary/aromatic N) is 5. The minimum Gasteiger partial charge on any atom is -0.298 e. The van der Waals surface area contributed by atoms with E-state index < -0.39 is 0 Å². The van der Waals surface area contributed by atoms with E-state index in [2.05, 4.69) is 21.5 Å². The monoisotopic (exact) mass is 204 g/mol. The fraction of sp³-hybridized carbons (Fsp3) is 0.556. The Hall–Kier alpha value is -1.92. The van der Waals surface area contributed by atoms with Gasteiger partial charge in [0, 0.05) is 6.04 Å². The van der Waals surface area contributed by atoms with E-state index in [1.807, 2.05) is 19.9 Å². The first kappa shape index (κ1) is 11.2. The first-order chi connectivity index (χ1) is 7.15. The molecule has 0 aromatic carbocycles. The van der Waals surface area contributed by atoms with E-state index in [1.54, 1.807) is 0 Å². The van der Waals surface area contributed by atoms with Crippen LogP contribution in [0.15, 0.2) is 6.33 Å². The van der Waals surface area contributed by atoms with Gasteiger partial charge in [0.1, 0.15) is 18.4 Å². The predicted molar refractivity (Wildman–Crippen MR) is 52.4 cm³/mol. The van der Waals surface area contributed by atoms with Crippen LogP contribution >= 0.6 is 0 Å². The molecule has 0 bridgehead atoms. The molecule has 0 saturated carbocycles. The average molecular weight is 204 g/mol. The second kappa shape index (κ2) is 5.08. The third-order valence-electron chi connectivity index (χ3n) is 1.70. The van der Waals surface area contributed by atoms with Crippen molar-refractivity contribution in [3.63, 3.8) is 0 Å². The fourth-order valence-corrected chi connectivity index (χ4v) is 1.15. The highest BCUT2D eigenvalue weighted by Gasteiger charge is 2.10. The molecule has 0 amide bonds. The number of hydrogen-bond donors (Lipinski definition) is 1. The van der Waals surface area contributed by atoms with Crippen molar-refractivity contribution in [3.8, 4) is 12.1 Å². The van der Waals surface area contributed by atoms with Crippen molar-refractivity contribution in [2.75, 3.05) is 0 Å². The molecule has 0 spiro atoms. The zero-order chi connectivity index (χ0) is 11.3. The highest BCUT2D eigenvalue weighted by molar-refractivity contribution is 5.05. The lowest BCUT2D eigenvalue weighted by Gasteiger charge is -2.13. The minimum atomic E-state index is -0.321. The maximum absolute atomic E-state index is 8.86. The van der Waals surface area contributed by atoms with Gasteiger partial charge in [-0.3, -0.25) is 5.32 Å². The Kier molecular flexibility index (Phi) is 3.78. The Morgan fingerprint density at radius 3 is 2.73 bits per heavy atom. The quantitative estimate of drug-likeness (QED) is 0.747. The van der Waals surface area contributed by atoms with Crippen molar-refractivity contribution in [3.05, 3.63) is 12.2 Å². The van der Waals surface area contributed by atoms with Gasteiger partial charge in [0.25, 0.3) is 5.82 Å². The Bertz CT molecular complexity index is 393. The van der Waals surface area contributed by atoms with Crippen molar-refractivity contribution < 1.29 is 0 Å². The van der Waals surface area contributed by atoms with E-state index >= 15 is 0 Å². The summed E-state index contributed by atoms with van der Waals surface area (Å²) < 4.78 is 1.49. The summed E-state index contributed by atoms with van der Waals surface area (Å²) in [5.74, 6) is 0.122. The molecule has 1 aromatic heterocycles. The first-order valence-corrected chi connectivity index (χ1v) is 4.61. The minimum absolute atomic E-state index is 0.122. The molecule has 0 aliphatic heterocycles. The van der Waals surface area contributed by atoms with Crippen molar-refractivity contribution in [2.45, 2.75) is 32.5 Å². The van der Waals surface area contributed by atoms with Gasteiger partial charge in [-0.1, -0.05) is 0 Å². The summed E-state index contributed by atoms with van der Waals surface area (Å²) in [5.41, 5.74) is 0. The molecule has 0 aliphatic rings. The summed E-state index contributed by atoms with van der Waals surface area (Å²) in [6, 6.07) is 3.87. The number of aromatic nitrogens is 3. The van der Waals surface area contributed by atoms with Crippen LogP contribution < -0.4 is 5.32 Å². The highest BCUT2D eigenvalue weighted by Crippen LogP contribution is 1.93. The van der Waals surface area contributed by atoms with Crippen LogP contribution in [-0.4, -0.2) is 26.8 Å². The molecule has 1 unspecified atom stereocenters. The molecule has 6 nitrogen and oxygen atoms in total. The van der Waals surface area contributed by atoms with Crippen LogP contribution in [0.25, 0.3) is 0 Å². The first-order valence-electron chi connectivity index (χ1n) is 4.61. The van der Waals surface area contributed by atoms with Gasteiger partial charge in [-0.15, -0.1) is 5.10 Å². The fourth-order valence-electron chi connectivity index (χ4n) is 1.15. The van der Waals surface area contributed by atoms with Crippen molar-refractivity contribution >= 4 is 0 Å². The molecule has 0 fully saturated rings. The molecule has 1 rings (SSSR count). The van der Waals surface area contributed by atoms with Crippen LogP contribution in [0, 0.1) is 22.7 Å². The molecule has 6 heteroatoms. The van der Waals surface area contributed by atoms with Gasteiger partial charge in [0.05, 0.1) is 12.6 Å². The summed E-state index contributed by atoms with van der Waals surface area (Å²) in [6.07, 6.45) is 1.45. The third-order valence-corrected chi connectivity index (χ3v) is 1.70. The smallest absolute Gasteiger partial charge is 0.252 e. The van der Waals surface area contributed by atoms with Gasteiger partial charge in [0.15, 0.2) is 0 Å². The van der Waals surface area contributed by atoms with Crippen LogP contribution in [0.5, 0.6) is 0 Å².